The second-order valence-corrected chi connectivity index (χ2v) is 7.29. The molecule has 0 aliphatic carbocycles. The molecule has 0 unspecified atom stereocenters. The molecule has 6 nitrogen and oxygen atoms in total. The van der Waals surface area contributed by atoms with E-state index in [1.807, 2.05) is 48.5 Å². The van der Waals surface area contributed by atoms with Gasteiger partial charge in [0.05, 0.1) is 36.5 Å². The van der Waals surface area contributed by atoms with E-state index in [9.17, 15) is 0 Å². The summed E-state index contributed by atoms with van der Waals surface area (Å²) in [6, 6.07) is 26.6. The molecule has 1 fully saturated rings. The van der Waals surface area contributed by atoms with Gasteiger partial charge in [-0.1, -0.05) is 42.5 Å². The van der Waals surface area contributed by atoms with Gasteiger partial charge in [0.2, 0.25) is 0 Å². The molecule has 0 bridgehead atoms. The normalized spacial score (nSPS) is 14.6. The first-order valence-electron chi connectivity index (χ1n) is 10.2. The first-order chi connectivity index (χ1) is 14.9. The molecule has 1 aromatic heterocycles. The molecule has 5 rings (SSSR count). The average Bonchev–Trinajstić information content (AvgIpc) is 3.17. The van der Waals surface area contributed by atoms with Crippen LogP contribution >= 0.6 is 0 Å². The molecule has 0 spiro atoms. The van der Waals surface area contributed by atoms with Gasteiger partial charge in [-0.05, 0) is 42.0 Å². The molecule has 1 saturated heterocycles. The lowest BCUT2D eigenvalue weighted by molar-refractivity contribution is 0.122. The van der Waals surface area contributed by atoms with Crippen molar-refractivity contribution < 1.29 is 4.74 Å². The number of aromatic nitrogens is 2. The van der Waals surface area contributed by atoms with Gasteiger partial charge in [0, 0.05) is 18.8 Å². The summed E-state index contributed by atoms with van der Waals surface area (Å²) in [6.07, 6.45) is 0. The molecule has 6 heteroatoms. The molecule has 0 atom stereocenters. The van der Waals surface area contributed by atoms with Crippen molar-refractivity contribution in [1.29, 1.82) is 0 Å². The van der Waals surface area contributed by atoms with Crippen LogP contribution in [0.3, 0.4) is 0 Å². The first-order valence-corrected chi connectivity index (χ1v) is 10.2. The molecule has 150 valence electrons. The average molecular weight is 397 g/mol. The molecule has 1 aliphatic heterocycles. The molecule has 1 aliphatic rings. The largest absolute Gasteiger partial charge is 0.378 e. The van der Waals surface area contributed by atoms with Crippen molar-refractivity contribution in [1.82, 2.24) is 9.55 Å². The summed E-state index contributed by atoms with van der Waals surface area (Å²) in [5.74, 6) is 0.609. The fraction of sp³-hybridized carbons (Fsp3) is 0.208. The monoisotopic (exact) mass is 397 g/mol. The van der Waals surface area contributed by atoms with Crippen molar-refractivity contribution in [3.8, 4) is 0 Å². The van der Waals surface area contributed by atoms with E-state index in [-0.39, 0.29) is 0 Å². The maximum absolute atomic E-state index is 5.43. The lowest BCUT2D eigenvalue weighted by Crippen LogP contribution is -2.36. The van der Waals surface area contributed by atoms with Crippen molar-refractivity contribution in [2.24, 2.45) is 10.2 Å². The Hall–Kier alpha value is -3.51. The summed E-state index contributed by atoms with van der Waals surface area (Å²) in [6.45, 7) is 4.10. The predicted molar refractivity (Wildman–Crippen MR) is 119 cm³/mol. The topological polar surface area (TPSA) is 55.0 Å². The number of nitrogens with zero attached hydrogens (tertiary/aromatic N) is 5. The summed E-state index contributed by atoms with van der Waals surface area (Å²) in [5.41, 5.74) is 5.17. The number of azo groups is 1. The van der Waals surface area contributed by atoms with Crippen LogP contribution in [-0.2, 0) is 11.3 Å². The Bertz CT molecular complexity index is 1150. The maximum atomic E-state index is 5.43. The Labute approximate surface area is 175 Å². The van der Waals surface area contributed by atoms with Gasteiger partial charge in [0.1, 0.15) is 0 Å². The zero-order chi connectivity index (χ0) is 20.2. The van der Waals surface area contributed by atoms with E-state index in [0.29, 0.717) is 12.5 Å². The molecular formula is C24H23N5O. The lowest BCUT2D eigenvalue weighted by Gasteiger charge is -2.28. The third-order valence-corrected chi connectivity index (χ3v) is 5.30. The van der Waals surface area contributed by atoms with Gasteiger partial charge in [-0.2, -0.15) is 0 Å². The molecule has 0 amide bonds. The summed E-state index contributed by atoms with van der Waals surface area (Å²) in [4.78, 5) is 7.02. The van der Waals surface area contributed by atoms with Gasteiger partial charge in [-0.15, -0.1) is 10.2 Å². The van der Waals surface area contributed by atoms with Crippen molar-refractivity contribution in [3.05, 3.63) is 84.4 Å². The number of hydrogen-bond acceptors (Lipinski definition) is 5. The fourth-order valence-corrected chi connectivity index (χ4v) is 3.72. The highest BCUT2D eigenvalue weighted by atomic mass is 16.5. The van der Waals surface area contributed by atoms with Crippen LogP contribution in [0.5, 0.6) is 0 Å². The minimum absolute atomic E-state index is 0.609. The zero-order valence-electron chi connectivity index (χ0n) is 16.7. The Morgan fingerprint density at radius 1 is 0.800 bits per heavy atom. The predicted octanol–water partition coefficient (Wildman–Crippen LogP) is 5.34. The van der Waals surface area contributed by atoms with Crippen molar-refractivity contribution in [3.63, 3.8) is 0 Å². The van der Waals surface area contributed by atoms with Gasteiger partial charge in [-0.25, -0.2) is 4.98 Å². The first kappa shape index (κ1) is 18.5. The summed E-state index contributed by atoms with van der Waals surface area (Å²) < 4.78 is 7.53. The maximum Gasteiger partial charge on any atom is 0.250 e. The van der Waals surface area contributed by atoms with E-state index < -0.39 is 0 Å². The molecule has 0 saturated carbocycles. The van der Waals surface area contributed by atoms with Crippen LogP contribution < -0.4 is 4.90 Å². The van der Waals surface area contributed by atoms with Gasteiger partial charge in [0.25, 0.3) is 5.95 Å². The highest BCUT2D eigenvalue weighted by molar-refractivity contribution is 5.78. The number of anilines is 1. The second-order valence-electron chi connectivity index (χ2n) is 7.29. The van der Waals surface area contributed by atoms with Crippen molar-refractivity contribution in [2.75, 3.05) is 31.2 Å². The molecule has 3 aromatic carbocycles. The van der Waals surface area contributed by atoms with Crippen LogP contribution in [0.1, 0.15) is 5.56 Å². The minimum Gasteiger partial charge on any atom is -0.378 e. The Balaban J connectivity index is 1.41. The van der Waals surface area contributed by atoms with Gasteiger partial charge < -0.3 is 14.2 Å². The number of imidazole rings is 1. The SMILES string of the molecule is c1ccc(Cn2c(N=Nc3ccc(N4CCOCC4)cc3)nc3ccccc32)cc1. The van der Waals surface area contributed by atoms with Crippen LogP contribution in [0.15, 0.2) is 89.1 Å². The van der Waals surface area contributed by atoms with Crippen molar-refractivity contribution >= 4 is 28.4 Å². The Morgan fingerprint density at radius 3 is 2.33 bits per heavy atom. The van der Waals surface area contributed by atoms with E-state index in [0.717, 1.165) is 43.0 Å². The molecule has 2 heterocycles. The van der Waals surface area contributed by atoms with E-state index in [2.05, 4.69) is 50.0 Å². The zero-order valence-corrected chi connectivity index (χ0v) is 16.7. The van der Waals surface area contributed by atoms with E-state index in [1.54, 1.807) is 0 Å². The van der Waals surface area contributed by atoms with Crippen molar-refractivity contribution in [2.45, 2.75) is 6.54 Å². The number of ether oxygens (including phenoxy) is 1. The third kappa shape index (κ3) is 3.95. The van der Waals surface area contributed by atoms with E-state index >= 15 is 0 Å². The van der Waals surface area contributed by atoms with Crippen LogP contribution in [0.2, 0.25) is 0 Å². The Morgan fingerprint density at radius 2 is 1.53 bits per heavy atom. The highest BCUT2D eigenvalue weighted by Crippen LogP contribution is 2.26. The number of rotatable bonds is 5. The molecule has 4 aromatic rings. The molecular weight excluding hydrogens is 374 g/mol. The number of fused-ring (bicyclic) bond motifs is 1. The van der Waals surface area contributed by atoms with Crippen LogP contribution in [-0.4, -0.2) is 35.9 Å². The minimum atomic E-state index is 0.609. The Kier molecular flexibility index (Phi) is 5.23. The van der Waals surface area contributed by atoms with Gasteiger partial charge >= 0.3 is 0 Å². The van der Waals surface area contributed by atoms with Crippen LogP contribution in [0.4, 0.5) is 17.3 Å². The molecule has 0 N–H and O–H groups in total. The highest BCUT2D eigenvalue weighted by Gasteiger charge is 2.12. The number of para-hydroxylation sites is 2. The third-order valence-electron chi connectivity index (χ3n) is 5.30. The van der Waals surface area contributed by atoms with Gasteiger partial charge in [-0.3, -0.25) is 0 Å². The summed E-state index contributed by atoms with van der Waals surface area (Å²) in [7, 11) is 0. The summed E-state index contributed by atoms with van der Waals surface area (Å²) >= 11 is 0. The van der Waals surface area contributed by atoms with Gasteiger partial charge in [0.15, 0.2) is 0 Å². The van der Waals surface area contributed by atoms with Crippen LogP contribution in [0.25, 0.3) is 11.0 Å². The number of hydrogen-bond donors (Lipinski definition) is 0. The van der Waals surface area contributed by atoms with E-state index in [4.69, 9.17) is 9.72 Å². The lowest BCUT2D eigenvalue weighted by atomic mass is 10.2. The standard InChI is InChI=1S/C24H23N5O/c1-2-6-19(7-3-1)18-29-23-9-5-4-8-22(23)25-24(29)27-26-20-10-12-21(13-11-20)28-14-16-30-17-15-28/h1-13H,14-18H2. The summed E-state index contributed by atoms with van der Waals surface area (Å²) in [5, 5.41) is 8.95. The van der Waals surface area contributed by atoms with E-state index in [1.165, 1.54) is 11.3 Å². The molecule has 0 radical (unpaired) electrons. The number of benzene rings is 3. The van der Waals surface area contributed by atoms with Crippen LogP contribution in [0, 0.1) is 0 Å². The quantitative estimate of drug-likeness (QED) is 0.427. The molecule has 30 heavy (non-hydrogen) atoms. The fourth-order valence-electron chi connectivity index (χ4n) is 3.72. The smallest absolute Gasteiger partial charge is 0.250 e. The number of morpholine rings is 1. The second kappa shape index (κ2) is 8.47.